The highest BCUT2D eigenvalue weighted by molar-refractivity contribution is 7.89. The molecule has 2 aromatic heterocycles. The molecule has 6 nitrogen and oxygen atoms in total. The predicted molar refractivity (Wildman–Crippen MR) is 93.5 cm³/mol. The number of ether oxygens (including phenoxy) is 1. The molecular weight excluding hydrogens is 359 g/mol. The minimum Gasteiger partial charge on any atom is -0.491 e. The van der Waals surface area contributed by atoms with Gasteiger partial charge in [0.1, 0.15) is 5.69 Å². The summed E-state index contributed by atoms with van der Waals surface area (Å²) in [5.74, 6) is -0.0784. The van der Waals surface area contributed by atoms with E-state index in [1.54, 1.807) is 43.6 Å². The van der Waals surface area contributed by atoms with Crippen LogP contribution in [0.4, 0.5) is 4.39 Å². The first kappa shape index (κ1) is 18.1. The maximum Gasteiger partial charge on any atom is 0.240 e. The summed E-state index contributed by atoms with van der Waals surface area (Å²) in [6, 6.07) is 10.6. The van der Waals surface area contributed by atoms with Crippen LogP contribution >= 0.6 is 0 Å². The summed E-state index contributed by atoms with van der Waals surface area (Å²) in [7, 11) is -3.86. The molecule has 0 fully saturated rings. The molecule has 2 heterocycles. The highest BCUT2D eigenvalue weighted by atomic mass is 32.2. The maximum atomic E-state index is 13.9. The number of nitrogens with one attached hydrogen (secondary N) is 1. The van der Waals surface area contributed by atoms with Crippen LogP contribution in [0.5, 0.6) is 5.75 Å². The van der Waals surface area contributed by atoms with Gasteiger partial charge in [0.15, 0.2) is 17.3 Å². The van der Waals surface area contributed by atoms with E-state index in [0.717, 1.165) is 6.07 Å². The number of nitrogens with zero attached hydrogens (tertiary/aromatic N) is 1. The lowest BCUT2D eigenvalue weighted by Crippen LogP contribution is -2.23. The van der Waals surface area contributed by atoms with Crippen LogP contribution < -0.4 is 9.46 Å². The quantitative estimate of drug-likeness (QED) is 0.684. The molecule has 0 unspecified atom stereocenters. The smallest absolute Gasteiger partial charge is 0.240 e. The molecule has 0 saturated carbocycles. The molecule has 26 heavy (non-hydrogen) atoms. The molecule has 0 radical (unpaired) electrons. The van der Waals surface area contributed by atoms with Crippen molar-refractivity contribution in [2.45, 2.75) is 18.4 Å². The van der Waals surface area contributed by atoms with Crippen LogP contribution in [-0.4, -0.2) is 20.0 Å². The molecule has 0 aliphatic carbocycles. The van der Waals surface area contributed by atoms with Crippen molar-refractivity contribution in [2.24, 2.45) is 0 Å². The van der Waals surface area contributed by atoms with Crippen molar-refractivity contribution in [2.75, 3.05) is 6.61 Å². The minimum absolute atomic E-state index is 0.0177. The van der Waals surface area contributed by atoms with Crippen LogP contribution in [0.25, 0.3) is 11.5 Å². The minimum atomic E-state index is -3.86. The van der Waals surface area contributed by atoms with Gasteiger partial charge in [-0.05, 0) is 48.9 Å². The zero-order chi connectivity index (χ0) is 18.6. The number of furan rings is 1. The third-order valence-electron chi connectivity index (χ3n) is 3.58. The zero-order valence-corrected chi connectivity index (χ0v) is 14.8. The zero-order valence-electron chi connectivity index (χ0n) is 14.0. The molecule has 0 atom stereocenters. The second kappa shape index (κ2) is 7.67. The number of hydrogen-bond acceptors (Lipinski definition) is 5. The molecule has 136 valence electrons. The summed E-state index contributed by atoms with van der Waals surface area (Å²) in [4.78, 5) is 4.07. The molecule has 0 aliphatic heterocycles. The van der Waals surface area contributed by atoms with Gasteiger partial charge >= 0.3 is 0 Å². The average Bonchev–Trinajstić information content (AvgIpc) is 3.17. The Balaban J connectivity index is 1.69. The summed E-state index contributed by atoms with van der Waals surface area (Å²) in [6.45, 7) is 2.04. The van der Waals surface area contributed by atoms with Crippen molar-refractivity contribution in [3.8, 4) is 17.2 Å². The first-order valence-corrected chi connectivity index (χ1v) is 9.39. The van der Waals surface area contributed by atoms with Crippen LogP contribution in [0.2, 0.25) is 0 Å². The van der Waals surface area contributed by atoms with Gasteiger partial charge in [0.25, 0.3) is 0 Å². The predicted octanol–water partition coefficient (Wildman–Crippen LogP) is 3.36. The summed E-state index contributed by atoms with van der Waals surface area (Å²) < 4.78 is 51.3. The Morgan fingerprint density at radius 2 is 2.08 bits per heavy atom. The first-order valence-electron chi connectivity index (χ1n) is 7.90. The largest absolute Gasteiger partial charge is 0.491 e. The lowest BCUT2D eigenvalue weighted by molar-refractivity contribution is 0.321. The van der Waals surface area contributed by atoms with Crippen LogP contribution in [0.15, 0.2) is 64.2 Å². The summed E-state index contributed by atoms with van der Waals surface area (Å²) in [5, 5.41) is 0. The third kappa shape index (κ3) is 4.09. The van der Waals surface area contributed by atoms with E-state index >= 15 is 0 Å². The molecule has 3 rings (SSSR count). The fourth-order valence-corrected chi connectivity index (χ4v) is 3.31. The SMILES string of the molecule is CCOc1ccc(S(=O)(=O)NCc2ccc(-c3ccco3)nc2)cc1F. The van der Waals surface area contributed by atoms with E-state index in [0.29, 0.717) is 23.6 Å². The lowest BCUT2D eigenvalue weighted by atomic mass is 10.2. The van der Waals surface area contributed by atoms with Crippen molar-refractivity contribution in [3.63, 3.8) is 0 Å². The number of sulfonamides is 1. The van der Waals surface area contributed by atoms with E-state index in [2.05, 4.69) is 9.71 Å². The highest BCUT2D eigenvalue weighted by Crippen LogP contribution is 2.21. The second-order valence-corrected chi connectivity index (χ2v) is 7.15. The van der Waals surface area contributed by atoms with E-state index in [-0.39, 0.29) is 17.2 Å². The third-order valence-corrected chi connectivity index (χ3v) is 4.98. The molecule has 3 aromatic rings. The normalized spacial score (nSPS) is 11.5. The Bertz CT molecular complexity index is 971. The molecule has 1 aromatic carbocycles. The highest BCUT2D eigenvalue weighted by Gasteiger charge is 2.16. The van der Waals surface area contributed by atoms with E-state index in [4.69, 9.17) is 9.15 Å². The van der Waals surface area contributed by atoms with Crippen molar-refractivity contribution in [1.82, 2.24) is 9.71 Å². The van der Waals surface area contributed by atoms with Gasteiger partial charge in [-0.3, -0.25) is 4.98 Å². The standard InChI is InChI=1S/C18H17FN2O4S/c1-2-24-17-8-6-14(10-15(17)19)26(22,23)21-12-13-5-7-16(20-11-13)18-4-3-9-25-18/h3-11,21H,2,12H2,1H3. The molecule has 0 bridgehead atoms. The van der Waals surface area contributed by atoms with E-state index in [9.17, 15) is 12.8 Å². The molecule has 0 amide bonds. The fourth-order valence-electron chi connectivity index (χ4n) is 2.28. The van der Waals surface area contributed by atoms with Crippen LogP contribution in [0, 0.1) is 5.82 Å². The second-order valence-electron chi connectivity index (χ2n) is 5.38. The van der Waals surface area contributed by atoms with Crippen LogP contribution in [0.3, 0.4) is 0 Å². The van der Waals surface area contributed by atoms with Gasteiger partial charge in [0.2, 0.25) is 10.0 Å². The van der Waals surface area contributed by atoms with E-state index in [1.165, 1.54) is 12.1 Å². The number of aromatic nitrogens is 1. The van der Waals surface area contributed by atoms with Gasteiger partial charge in [0.05, 0.1) is 17.8 Å². The Hall–Kier alpha value is -2.71. The van der Waals surface area contributed by atoms with Crippen molar-refractivity contribution in [3.05, 3.63) is 66.3 Å². The van der Waals surface area contributed by atoms with Crippen LogP contribution in [0.1, 0.15) is 12.5 Å². The van der Waals surface area contributed by atoms with E-state index in [1.807, 2.05) is 0 Å². The lowest BCUT2D eigenvalue weighted by Gasteiger charge is -2.09. The monoisotopic (exact) mass is 376 g/mol. The summed E-state index contributed by atoms with van der Waals surface area (Å²) in [5.41, 5.74) is 1.31. The number of rotatable bonds is 7. The van der Waals surface area contributed by atoms with Crippen molar-refractivity contribution >= 4 is 10.0 Å². The summed E-state index contributed by atoms with van der Waals surface area (Å²) in [6.07, 6.45) is 3.11. The number of hydrogen-bond donors (Lipinski definition) is 1. The molecule has 1 N–H and O–H groups in total. The molecule has 0 saturated heterocycles. The molecule has 0 aliphatic rings. The van der Waals surface area contributed by atoms with Gasteiger partial charge < -0.3 is 9.15 Å². The molecule has 8 heteroatoms. The van der Waals surface area contributed by atoms with Crippen LogP contribution in [-0.2, 0) is 16.6 Å². The fraction of sp³-hybridized carbons (Fsp3) is 0.167. The van der Waals surface area contributed by atoms with Crippen molar-refractivity contribution in [1.29, 1.82) is 0 Å². The molecular formula is C18H17FN2O4S. The van der Waals surface area contributed by atoms with Gasteiger partial charge in [-0.15, -0.1) is 0 Å². The summed E-state index contributed by atoms with van der Waals surface area (Å²) >= 11 is 0. The topological polar surface area (TPSA) is 81.4 Å². The number of halogens is 1. The Labute approximate surface area is 150 Å². The number of pyridine rings is 1. The Kier molecular flexibility index (Phi) is 5.34. The average molecular weight is 376 g/mol. The first-order chi connectivity index (χ1) is 12.5. The van der Waals surface area contributed by atoms with Crippen molar-refractivity contribution < 1.29 is 22.0 Å². The van der Waals surface area contributed by atoms with Gasteiger partial charge in [-0.25, -0.2) is 17.5 Å². The molecule has 0 spiro atoms. The van der Waals surface area contributed by atoms with Gasteiger partial charge in [0, 0.05) is 12.7 Å². The Morgan fingerprint density at radius 3 is 2.69 bits per heavy atom. The van der Waals surface area contributed by atoms with Gasteiger partial charge in [-0.2, -0.15) is 0 Å². The number of benzene rings is 1. The maximum absolute atomic E-state index is 13.9. The van der Waals surface area contributed by atoms with E-state index < -0.39 is 15.8 Å². The van der Waals surface area contributed by atoms with Gasteiger partial charge in [-0.1, -0.05) is 6.07 Å². The Morgan fingerprint density at radius 1 is 1.23 bits per heavy atom.